The van der Waals surface area contributed by atoms with E-state index in [2.05, 4.69) is 0 Å². The summed E-state index contributed by atoms with van der Waals surface area (Å²) in [6.07, 6.45) is -3.89. The fourth-order valence-electron chi connectivity index (χ4n) is 2.38. The Morgan fingerprint density at radius 2 is 2.10 bits per heavy atom. The lowest BCUT2D eigenvalue weighted by atomic mass is 10.0. The molecule has 3 nitrogen and oxygen atoms in total. The average molecular weight is 305 g/mol. The van der Waals surface area contributed by atoms with E-state index >= 15 is 0 Å². The maximum absolute atomic E-state index is 12.6. The van der Waals surface area contributed by atoms with Gasteiger partial charge in [-0.3, -0.25) is 9.69 Å². The third kappa shape index (κ3) is 3.89. The molecule has 1 heterocycles. The van der Waals surface area contributed by atoms with Gasteiger partial charge in [0, 0.05) is 10.9 Å². The number of fused-ring (bicyclic) bond motifs is 1. The maximum Gasteiger partial charge on any atom is 0.401 e. The fourth-order valence-corrected chi connectivity index (χ4v) is 3.49. The van der Waals surface area contributed by atoms with Gasteiger partial charge in [-0.15, -0.1) is 11.8 Å². The minimum absolute atomic E-state index is 0.495. The summed E-state index contributed by atoms with van der Waals surface area (Å²) in [6, 6.07) is 6.74. The van der Waals surface area contributed by atoms with Crippen molar-refractivity contribution in [3.05, 3.63) is 29.8 Å². The largest absolute Gasteiger partial charge is 0.480 e. The Balaban J connectivity index is 2.27. The molecule has 110 valence electrons. The first-order valence-electron chi connectivity index (χ1n) is 6.11. The number of carboxylic acids is 1. The normalized spacial score (nSPS) is 18.9. The molecule has 0 amide bonds. The topological polar surface area (TPSA) is 40.5 Å². The highest BCUT2D eigenvalue weighted by Gasteiger charge is 2.36. The van der Waals surface area contributed by atoms with Gasteiger partial charge in [-0.05, 0) is 23.8 Å². The molecule has 1 aliphatic heterocycles. The van der Waals surface area contributed by atoms with Crippen LogP contribution in [0.25, 0.3) is 0 Å². The number of thioether (sulfide) groups is 1. The molecule has 0 aliphatic carbocycles. The van der Waals surface area contributed by atoms with Gasteiger partial charge >= 0.3 is 12.1 Å². The Morgan fingerprint density at radius 1 is 1.40 bits per heavy atom. The van der Waals surface area contributed by atoms with E-state index < -0.39 is 31.3 Å². The summed E-state index contributed by atoms with van der Waals surface area (Å²) < 4.78 is 37.9. The average Bonchev–Trinajstić information content (AvgIpc) is 2.35. The second-order valence-electron chi connectivity index (χ2n) is 4.60. The van der Waals surface area contributed by atoms with Crippen LogP contribution in [0, 0.1) is 0 Å². The monoisotopic (exact) mass is 305 g/mol. The third-order valence-corrected chi connectivity index (χ3v) is 4.21. The molecule has 1 atom stereocenters. The predicted molar refractivity (Wildman–Crippen MR) is 69.8 cm³/mol. The van der Waals surface area contributed by atoms with E-state index in [-0.39, 0.29) is 0 Å². The Hall–Kier alpha value is -1.21. The fraction of sp³-hybridized carbons (Fsp3) is 0.462. The lowest BCUT2D eigenvalue weighted by Gasteiger charge is -2.34. The van der Waals surface area contributed by atoms with Crippen LogP contribution in [-0.4, -0.2) is 41.0 Å². The highest BCUT2D eigenvalue weighted by atomic mass is 32.2. The molecule has 1 N–H and O–H groups in total. The first-order chi connectivity index (χ1) is 9.37. The van der Waals surface area contributed by atoms with Gasteiger partial charge in [0.2, 0.25) is 0 Å². The number of carboxylic acid groups (broad SMARTS) is 1. The number of benzene rings is 1. The van der Waals surface area contributed by atoms with E-state index in [4.69, 9.17) is 5.11 Å². The summed E-state index contributed by atoms with van der Waals surface area (Å²) in [7, 11) is 0. The van der Waals surface area contributed by atoms with Crippen LogP contribution < -0.4 is 0 Å². The van der Waals surface area contributed by atoms with Gasteiger partial charge < -0.3 is 5.11 Å². The quantitative estimate of drug-likeness (QED) is 0.927. The molecule has 7 heteroatoms. The number of aliphatic carboxylic acids is 1. The van der Waals surface area contributed by atoms with Crippen LogP contribution in [0.1, 0.15) is 18.0 Å². The van der Waals surface area contributed by atoms with E-state index in [0.717, 1.165) is 15.4 Å². The second kappa shape index (κ2) is 6.05. The van der Waals surface area contributed by atoms with Crippen molar-refractivity contribution in [2.24, 2.45) is 0 Å². The Bertz CT molecular complexity index is 493. The van der Waals surface area contributed by atoms with Crippen LogP contribution in [0.3, 0.4) is 0 Å². The van der Waals surface area contributed by atoms with E-state index in [1.807, 2.05) is 12.1 Å². The molecule has 1 aromatic rings. The zero-order valence-electron chi connectivity index (χ0n) is 10.6. The molecule has 1 aromatic carbocycles. The molecule has 0 bridgehead atoms. The zero-order chi connectivity index (χ0) is 14.8. The number of nitrogens with zero attached hydrogens (tertiary/aromatic N) is 1. The molecular formula is C13H14F3NO2S. The molecular weight excluding hydrogens is 291 g/mol. The Morgan fingerprint density at radius 3 is 2.75 bits per heavy atom. The van der Waals surface area contributed by atoms with Crippen molar-refractivity contribution in [2.75, 3.05) is 18.8 Å². The van der Waals surface area contributed by atoms with Crippen LogP contribution in [0.4, 0.5) is 13.2 Å². The molecule has 20 heavy (non-hydrogen) atoms. The van der Waals surface area contributed by atoms with Crippen molar-refractivity contribution < 1.29 is 23.1 Å². The minimum Gasteiger partial charge on any atom is -0.480 e. The molecule has 0 saturated carbocycles. The van der Waals surface area contributed by atoms with E-state index in [1.165, 1.54) is 0 Å². The van der Waals surface area contributed by atoms with Crippen LogP contribution in [0.5, 0.6) is 0 Å². The van der Waals surface area contributed by atoms with Crippen LogP contribution in [0.2, 0.25) is 0 Å². The zero-order valence-corrected chi connectivity index (χ0v) is 11.4. The Labute approximate surface area is 118 Å². The third-order valence-electron chi connectivity index (χ3n) is 3.09. The number of rotatable bonds is 4. The van der Waals surface area contributed by atoms with Crippen molar-refractivity contribution >= 4 is 17.7 Å². The number of halogens is 3. The summed E-state index contributed by atoms with van der Waals surface area (Å²) in [5, 5.41) is 8.85. The second-order valence-corrected chi connectivity index (χ2v) is 5.74. The summed E-state index contributed by atoms with van der Waals surface area (Å²) in [4.78, 5) is 12.8. The SMILES string of the molecule is O=C(O)CN(CC(F)(F)F)C1CCSc2ccccc21. The highest BCUT2D eigenvalue weighted by Crippen LogP contribution is 2.39. The number of hydrogen-bond donors (Lipinski definition) is 1. The number of alkyl halides is 3. The molecule has 0 saturated heterocycles. The van der Waals surface area contributed by atoms with Gasteiger partial charge in [-0.25, -0.2) is 0 Å². The molecule has 1 aliphatic rings. The predicted octanol–water partition coefficient (Wildman–Crippen LogP) is 3.17. The number of hydrogen-bond acceptors (Lipinski definition) is 3. The van der Waals surface area contributed by atoms with E-state index in [1.54, 1.807) is 23.9 Å². The van der Waals surface area contributed by atoms with E-state index in [0.29, 0.717) is 12.2 Å². The standard InChI is InChI=1S/C13H14F3NO2S/c14-13(15,16)8-17(7-12(18)19)10-5-6-20-11-4-2-1-3-9(10)11/h1-4,10H,5-8H2,(H,18,19). The molecule has 1 unspecified atom stereocenters. The van der Waals surface area contributed by atoms with Crippen LogP contribution in [0.15, 0.2) is 29.2 Å². The summed E-state index contributed by atoms with van der Waals surface area (Å²) in [5.74, 6) is -0.555. The molecule has 0 aromatic heterocycles. The molecule has 0 fully saturated rings. The van der Waals surface area contributed by atoms with Crippen molar-refractivity contribution in [1.82, 2.24) is 4.90 Å². The molecule has 0 spiro atoms. The Kier molecular flexibility index (Phi) is 4.59. The maximum atomic E-state index is 12.6. The summed E-state index contributed by atoms with van der Waals surface area (Å²) >= 11 is 1.59. The van der Waals surface area contributed by atoms with Gasteiger partial charge in [0.25, 0.3) is 0 Å². The first-order valence-corrected chi connectivity index (χ1v) is 7.10. The van der Waals surface area contributed by atoms with Gasteiger partial charge in [0.1, 0.15) is 0 Å². The van der Waals surface area contributed by atoms with Crippen molar-refractivity contribution in [1.29, 1.82) is 0 Å². The summed E-state index contributed by atoms with van der Waals surface area (Å²) in [6.45, 7) is -1.81. The lowest BCUT2D eigenvalue weighted by Crippen LogP contribution is -2.41. The first kappa shape index (κ1) is 15.2. The summed E-state index contributed by atoms with van der Waals surface area (Å²) in [5.41, 5.74) is 0.786. The highest BCUT2D eigenvalue weighted by molar-refractivity contribution is 7.99. The van der Waals surface area contributed by atoms with Crippen molar-refractivity contribution in [2.45, 2.75) is 23.5 Å². The van der Waals surface area contributed by atoms with Crippen LogP contribution in [-0.2, 0) is 4.79 Å². The van der Waals surface area contributed by atoms with E-state index in [9.17, 15) is 18.0 Å². The van der Waals surface area contributed by atoms with Crippen molar-refractivity contribution in [3.63, 3.8) is 0 Å². The van der Waals surface area contributed by atoms with Gasteiger partial charge in [-0.2, -0.15) is 13.2 Å². The molecule has 0 radical (unpaired) electrons. The van der Waals surface area contributed by atoms with Crippen LogP contribution >= 0.6 is 11.8 Å². The smallest absolute Gasteiger partial charge is 0.401 e. The number of carbonyl (C=O) groups is 1. The van der Waals surface area contributed by atoms with Gasteiger partial charge in [0.15, 0.2) is 0 Å². The molecule has 2 rings (SSSR count). The van der Waals surface area contributed by atoms with Gasteiger partial charge in [0.05, 0.1) is 13.1 Å². The van der Waals surface area contributed by atoms with Crippen molar-refractivity contribution in [3.8, 4) is 0 Å². The van der Waals surface area contributed by atoms with Gasteiger partial charge in [-0.1, -0.05) is 18.2 Å². The minimum atomic E-state index is -4.41. The lowest BCUT2D eigenvalue weighted by molar-refractivity contribution is -0.158.